The van der Waals surface area contributed by atoms with Crippen molar-refractivity contribution in [2.45, 2.75) is 32.7 Å². The minimum Gasteiger partial charge on any atom is -0.359 e. The summed E-state index contributed by atoms with van der Waals surface area (Å²) in [6.07, 6.45) is 6.65. The first-order chi connectivity index (χ1) is 16.1. The van der Waals surface area contributed by atoms with Gasteiger partial charge in [-0.05, 0) is 30.5 Å². The molecule has 0 atom stereocenters. The molecule has 5 rings (SSSR count). The average molecular weight is 445 g/mol. The second-order valence-corrected chi connectivity index (χ2v) is 7.87. The number of imidazole rings is 1. The van der Waals surface area contributed by atoms with Crippen molar-refractivity contribution in [1.29, 1.82) is 0 Å². The SMILES string of the molecule is CCCCc1ccc(-c2cc(Cn3cc4nc(-c5cccc(F)c5F)nc-4cn3)on2)cc1. The number of hydrogen-bond donors (Lipinski definition) is 0. The summed E-state index contributed by atoms with van der Waals surface area (Å²) < 4.78 is 34.8. The zero-order chi connectivity index (χ0) is 22.8. The van der Waals surface area contributed by atoms with Gasteiger partial charge in [0, 0.05) is 11.6 Å². The molecule has 0 unspecified atom stereocenters. The Morgan fingerprint density at radius 2 is 1.79 bits per heavy atom. The highest BCUT2D eigenvalue weighted by atomic mass is 19.2. The maximum absolute atomic E-state index is 14.1. The molecule has 6 nitrogen and oxygen atoms in total. The summed E-state index contributed by atoms with van der Waals surface area (Å²) in [7, 11) is 0. The van der Waals surface area contributed by atoms with Crippen molar-refractivity contribution >= 4 is 0 Å². The van der Waals surface area contributed by atoms with E-state index >= 15 is 0 Å². The van der Waals surface area contributed by atoms with E-state index in [0.29, 0.717) is 23.7 Å². The summed E-state index contributed by atoms with van der Waals surface area (Å²) in [5, 5.41) is 8.51. The van der Waals surface area contributed by atoms with Gasteiger partial charge in [0.1, 0.15) is 23.6 Å². The van der Waals surface area contributed by atoms with Gasteiger partial charge in [0.25, 0.3) is 0 Å². The van der Waals surface area contributed by atoms with E-state index in [4.69, 9.17) is 4.52 Å². The van der Waals surface area contributed by atoms with Crippen molar-refractivity contribution in [2.24, 2.45) is 0 Å². The van der Waals surface area contributed by atoms with Crippen molar-refractivity contribution in [1.82, 2.24) is 24.9 Å². The Balaban J connectivity index is 1.34. The first kappa shape index (κ1) is 20.9. The molecule has 0 aliphatic carbocycles. The van der Waals surface area contributed by atoms with Gasteiger partial charge in [-0.25, -0.2) is 18.7 Å². The highest BCUT2D eigenvalue weighted by Crippen LogP contribution is 2.27. The van der Waals surface area contributed by atoms with Crippen molar-refractivity contribution in [3.05, 3.63) is 83.9 Å². The third-order valence-electron chi connectivity index (χ3n) is 5.45. The van der Waals surface area contributed by atoms with E-state index in [1.165, 1.54) is 36.7 Å². The number of rotatable bonds is 7. The number of hydrogen-bond acceptors (Lipinski definition) is 5. The van der Waals surface area contributed by atoms with Gasteiger partial charge in [-0.2, -0.15) is 5.10 Å². The van der Waals surface area contributed by atoms with Crippen molar-refractivity contribution in [2.75, 3.05) is 0 Å². The molecule has 2 aliphatic heterocycles. The van der Waals surface area contributed by atoms with Gasteiger partial charge in [0.05, 0.1) is 18.0 Å². The Hall–Kier alpha value is -3.94. The molecule has 8 heteroatoms. The van der Waals surface area contributed by atoms with Gasteiger partial charge < -0.3 is 4.52 Å². The van der Waals surface area contributed by atoms with Crippen LogP contribution in [-0.2, 0) is 13.0 Å². The highest BCUT2D eigenvalue weighted by molar-refractivity contribution is 5.65. The number of aromatic nitrogens is 5. The third-order valence-corrected chi connectivity index (χ3v) is 5.45. The molecular formula is C25H21F2N5O. The summed E-state index contributed by atoms with van der Waals surface area (Å²) in [5.41, 5.74) is 4.08. The van der Waals surface area contributed by atoms with Crippen molar-refractivity contribution < 1.29 is 13.3 Å². The molecule has 3 aromatic rings. The number of unbranched alkanes of at least 4 members (excludes halogenated alkanes) is 1. The van der Waals surface area contributed by atoms with Gasteiger partial charge in [0.2, 0.25) is 0 Å². The van der Waals surface area contributed by atoms with Crippen LogP contribution < -0.4 is 0 Å². The summed E-state index contributed by atoms with van der Waals surface area (Å²) in [5.74, 6) is -1.16. The second-order valence-electron chi connectivity index (χ2n) is 7.87. The molecule has 0 amide bonds. The molecule has 2 aromatic carbocycles. The van der Waals surface area contributed by atoms with Crippen LogP contribution in [0.15, 0.2) is 65.4 Å². The van der Waals surface area contributed by atoms with Crippen LogP contribution >= 0.6 is 0 Å². The summed E-state index contributed by atoms with van der Waals surface area (Å²) >= 11 is 0. The molecule has 0 saturated heterocycles. The monoisotopic (exact) mass is 445 g/mol. The van der Waals surface area contributed by atoms with E-state index in [0.717, 1.165) is 23.7 Å². The molecule has 0 fully saturated rings. The second kappa shape index (κ2) is 8.90. The number of aryl methyl sites for hydroxylation is 1. The topological polar surface area (TPSA) is 69.6 Å². The normalized spacial score (nSPS) is 11.4. The van der Waals surface area contributed by atoms with Crippen LogP contribution in [0.2, 0.25) is 0 Å². The molecule has 0 saturated carbocycles. The van der Waals surface area contributed by atoms with Gasteiger partial charge in [-0.1, -0.05) is 48.8 Å². The maximum Gasteiger partial charge on any atom is 0.169 e. The van der Waals surface area contributed by atoms with Crippen LogP contribution in [0.25, 0.3) is 34.0 Å². The molecule has 3 heterocycles. The van der Waals surface area contributed by atoms with E-state index < -0.39 is 11.6 Å². The maximum atomic E-state index is 14.1. The lowest BCUT2D eigenvalue weighted by Crippen LogP contribution is -2.04. The van der Waals surface area contributed by atoms with Crippen LogP contribution in [-0.4, -0.2) is 24.9 Å². The minimum atomic E-state index is -0.971. The lowest BCUT2D eigenvalue weighted by atomic mass is 10.0. The van der Waals surface area contributed by atoms with Crippen LogP contribution in [0.1, 0.15) is 31.1 Å². The molecule has 0 spiro atoms. The minimum absolute atomic E-state index is 0.0124. The first-order valence-electron chi connectivity index (χ1n) is 10.8. The standard InChI is InChI=1S/C25H21F2N5O/c1-2-3-5-16-8-10-17(11-9-16)21-12-18(33-31-21)14-32-15-23-22(13-28-32)29-25(30-23)19-6-4-7-20(26)24(19)27/h4,6-13,15H,2-3,5,14H2,1H3. The molecule has 2 aliphatic rings. The van der Waals surface area contributed by atoms with E-state index in [1.54, 1.807) is 10.9 Å². The number of nitrogens with zero attached hydrogens (tertiary/aromatic N) is 5. The Morgan fingerprint density at radius 1 is 0.970 bits per heavy atom. The van der Waals surface area contributed by atoms with Crippen LogP contribution in [0, 0.1) is 11.6 Å². The number of fused-ring (bicyclic) bond motifs is 1. The number of halogens is 2. The van der Waals surface area contributed by atoms with E-state index in [-0.39, 0.29) is 11.4 Å². The summed E-state index contributed by atoms with van der Waals surface area (Å²) in [4.78, 5) is 8.62. The Labute approximate surface area is 189 Å². The van der Waals surface area contributed by atoms with Crippen LogP contribution in [0.3, 0.4) is 0 Å². The van der Waals surface area contributed by atoms with Gasteiger partial charge >= 0.3 is 0 Å². The van der Waals surface area contributed by atoms with E-state index in [2.05, 4.69) is 51.4 Å². The molecule has 1 aromatic heterocycles. The molecule has 166 valence electrons. The Bertz CT molecular complexity index is 1360. The largest absolute Gasteiger partial charge is 0.359 e. The zero-order valence-corrected chi connectivity index (χ0v) is 18.0. The zero-order valence-electron chi connectivity index (χ0n) is 18.0. The Kier molecular flexibility index (Phi) is 5.64. The number of benzene rings is 2. The highest BCUT2D eigenvalue weighted by Gasteiger charge is 2.18. The Morgan fingerprint density at radius 3 is 2.61 bits per heavy atom. The fourth-order valence-corrected chi connectivity index (χ4v) is 3.65. The van der Waals surface area contributed by atoms with E-state index in [1.807, 2.05) is 6.07 Å². The van der Waals surface area contributed by atoms with Crippen molar-refractivity contribution in [3.63, 3.8) is 0 Å². The molecule has 0 bridgehead atoms. The van der Waals surface area contributed by atoms with E-state index in [9.17, 15) is 8.78 Å². The smallest absolute Gasteiger partial charge is 0.169 e. The van der Waals surface area contributed by atoms with Gasteiger partial charge in [-0.15, -0.1) is 0 Å². The average Bonchev–Trinajstić information content (AvgIpc) is 3.47. The van der Waals surface area contributed by atoms with Gasteiger partial charge in [0.15, 0.2) is 23.2 Å². The third kappa shape index (κ3) is 4.37. The molecule has 33 heavy (non-hydrogen) atoms. The first-order valence-corrected chi connectivity index (χ1v) is 10.8. The van der Waals surface area contributed by atoms with Crippen molar-refractivity contribution in [3.8, 4) is 34.0 Å². The molecular weight excluding hydrogens is 424 g/mol. The predicted molar refractivity (Wildman–Crippen MR) is 119 cm³/mol. The quantitative estimate of drug-likeness (QED) is 0.318. The summed E-state index contributed by atoms with van der Waals surface area (Å²) in [6.45, 7) is 2.53. The molecule has 0 N–H and O–H groups in total. The fraction of sp³-hybridized carbons (Fsp3) is 0.200. The molecule has 0 radical (unpaired) electrons. The van der Waals surface area contributed by atoms with Gasteiger partial charge in [-0.3, -0.25) is 4.68 Å². The lowest BCUT2D eigenvalue weighted by Gasteiger charge is -2.03. The lowest BCUT2D eigenvalue weighted by molar-refractivity contribution is 0.372. The fourth-order valence-electron chi connectivity index (χ4n) is 3.65. The predicted octanol–water partition coefficient (Wildman–Crippen LogP) is 5.77. The summed E-state index contributed by atoms with van der Waals surface area (Å²) in [6, 6.07) is 14.2. The van der Waals surface area contributed by atoms with Crippen LogP contribution in [0.4, 0.5) is 8.78 Å². The van der Waals surface area contributed by atoms with Crippen LogP contribution in [0.5, 0.6) is 0 Å².